The van der Waals surface area contributed by atoms with E-state index in [0.717, 1.165) is 47.7 Å². The van der Waals surface area contributed by atoms with Gasteiger partial charge >= 0.3 is 5.97 Å². The topological polar surface area (TPSA) is 53.0 Å². The van der Waals surface area contributed by atoms with Crippen LogP contribution >= 0.6 is 15.9 Å². The Morgan fingerprint density at radius 2 is 1.61 bits per heavy atom. The van der Waals surface area contributed by atoms with Gasteiger partial charge in [-0.3, -0.25) is 4.90 Å². The number of aromatic carboxylic acids is 1. The first-order valence-electron chi connectivity index (χ1n) is 11.2. The summed E-state index contributed by atoms with van der Waals surface area (Å²) in [7, 11) is 2.17. The summed E-state index contributed by atoms with van der Waals surface area (Å²) < 4.78 is 6.95. The lowest BCUT2D eigenvalue weighted by atomic mass is 10.1. The molecule has 0 unspecified atom stereocenters. The molecule has 0 spiro atoms. The number of halogens is 1. The van der Waals surface area contributed by atoms with Gasteiger partial charge in [0, 0.05) is 30.1 Å². The zero-order valence-corrected chi connectivity index (χ0v) is 20.4. The minimum absolute atomic E-state index is 0.338. The number of ether oxygens (including phenoxy) is 1. The Morgan fingerprint density at radius 1 is 1.00 bits per heavy atom. The maximum atomic E-state index is 11.1. The lowest BCUT2D eigenvalue weighted by molar-refractivity contribution is 0.0697. The third-order valence-electron chi connectivity index (χ3n) is 6.03. The summed E-state index contributed by atoms with van der Waals surface area (Å²) in [6.07, 6.45) is 2.39. The van der Waals surface area contributed by atoms with E-state index < -0.39 is 5.97 Å². The van der Waals surface area contributed by atoms with Crippen molar-refractivity contribution in [3.63, 3.8) is 0 Å². The van der Waals surface area contributed by atoms with Crippen LogP contribution in [-0.2, 0) is 13.1 Å². The van der Waals surface area contributed by atoms with E-state index >= 15 is 0 Å². The average Bonchev–Trinajstić information content (AvgIpc) is 3.23. The van der Waals surface area contributed by atoms with Crippen LogP contribution in [0, 0.1) is 0 Å². The predicted octanol–water partition coefficient (Wildman–Crippen LogP) is 6.04. The molecule has 6 heteroatoms. The van der Waals surface area contributed by atoms with Crippen molar-refractivity contribution in [3.8, 4) is 11.5 Å². The molecule has 1 N–H and O–H groups in total. The van der Waals surface area contributed by atoms with E-state index in [1.807, 2.05) is 48.5 Å². The molecule has 1 saturated heterocycles. The Hall–Kier alpha value is -2.67. The fourth-order valence-electron chi connectivity index (χ4n) is 4.33. The predicted molar refractivity (Wildman–Crippen MR) is 134 cm³/mol. The molecule has 172 valence electrons. The molecule has 0 radical (unpaired) electrons. The lowest BCUT2D eigenvalue weighted by Crippen LogP contribution is -2.38. The number of carbonyl (C=O) groups is 1. The van der Waals surface area contributed by atoms with Gasteiger partial charge in [0.1, 0.15) is 11.5 Å². The lowest BCUT2D eigenvalue weighted by Gasteiger charge is -2.29. The molecule has 4 rings (SSSR count). The third-order valence-corrected chi connectivity index (χ3v) is 6.56. The van der Waals surface area contributed by atoms with Gasteiger partial charge in [0.15, 0.2) is 0 Å². The first-order chi connectivity index (χ1) is 16.0. The van der Waals surface area contributed by atoms with Gasteiger partial charge in [-0.25, -0.2) is 4.79 Å². The molecule has 3 aromatic carbocycles. The van der Waals surface area contributed by atoms with E-state index in [-0.39, 0.29) is 0 Å². The standard InChI is InChI=1S/C27H29BrN2O3/c1-29(17-20-6-12-25(13-7-20)33-26-14-10-23(28)11-15-26)19-24-3-2-16-30(24)18-21-4-8-22(9-5-21)27(31)32/h4-15,24H,2-3,16-19H2,1H3,(H,31,32)/t24-/m1/s1. The van der Waals surface area contributed by atoms with Gasteiger partial charge in [0.2, 0.25) is 0 Å². The SMILES string of the molecule is CN(Cc1ccc(Oc2ccc(Br)cc2)cc1)C[C@H]1CCCN1Cc1ccc(C(=O)O)cc1. The first-order valence-corrected chi connectivity index (χ1v) is 12.0. The molecule has 0 bridgehead atoms. The maximum absolute atomic E-state index is 11.1. The largest absolute Gasteiger partial charge is 0.478 e. The first kappa shape index (κ1) is 23.5. The van der Waals surface area contributed by atoms with Gasteiger partial charge in [0.05, 0.1) is 5.56 Å². The molecule has 1 fully saturated rings. The van der Waals surface area contributed by atoms with Crippen LogP contribution in [0.4, 0.5) is 0 Å². The molecule has 1 aliphatic rings. The van der Waals surface area contributed by atoms with Crippen molar-refractivity contribution in [2.45, 2.75) is 32.0 Å². The zero-order chi connectivity index (χ0) is 23.2. The molecule has 0 amide bonds. The fourth-order valence-corrected chi connectivity index (χ4v) is 4.60. The molecule has 5 nitrogen and oxygen atoms in total. The molecule has 0 saturated carbocycles. The van der Waals surface area contributed by atoms with E-state index in [1.165, 1.54) is 18.4 Å². The third kappa shape index (κ3) is 6.67. The number of hydrogen-bond acceptors (Lipinski definition) is 4. The number of rotatable bonds is 9. The van der Waals surface area contributed by atoms with E-state index in [2.05, 4.69) is 44.9 Å². The average molecular weight is 509 g/mol. The number of hydrogen-bond donors (Lipinski definition) is 1. The smallest absolute Gasteiger partial charge is 0.335 e. The summed E-state index contributed by atoms with van der Waals surface area (Å²) in [6, 6.07) is 23.9. The molecule has 33 heavy (non-hydrogen) atoms. The normalized spacial score (nSPS) is 16.3. The monoisotopic (exact) mass is 508 g/mol. The van der Waals surface area contributed by atoms with Gasteiger partial charge in [-0.05, 0) is 86.1 Å². The number of benzene rings is 3. The van der Waals surface area contributed by atoms with E-state index in [1.54, 1.807) is 12.1 Å². The van der Waals surface area contributed by atoms with Crippen LogP contribution in [0.2, 0.25) is 0 Å². The van der Waals surface area contributed by atoms with Crippen LogP contribution in [0.5, 0.6) is 11.5 Å². The summed E-state index contributed by atoms with van der Waals surface area (Å²) in [4.78, 5) is 16.0. The second kappa shape index (κ2) is 11.0. The van der Waals surface area contributed by atoms with Crippen molar-refractivity contribution in [1.29, 1.82) is 0 Å². The number of likely N-dealkylation sites (tertiary alicyclic amines) is 1. The van der Waals surface area contributed by atoms with Crippen molar-refractivity contribution < 1.29 is 14.6 Å². The number of carboxylic acids is 1. The Balaban J connectivity index is 1.28. The van der Waals surface area contributed by atoms with E-state index in [4.69, 9.17) is 9.84 Å². The Labute approximate surface area is 203 Å². The fraction of sp³-hybridized carbons (Fsp3) is 0.296. The van der Waals surface area contributed by atoms with Crippen molar-refractivity contribution >= 4 is 21.9 Å². The molecular formula is C27H29BrN2O3. The highest BCUT2D eigenvalue weighted by Gasteiger charge is 2.25. The minimum Gasteiger partial charge on any atom is -0.478 e. The van der Waals surface area contributed by atoms with Crippen LogP contribution in [0.15, 0.2) is 77.3 Å². The number of nitrogens with zero attached hydrogens (tertiary/aromatic N) is 2. The second-order valence-electron chi connectivity index (χ2n) is 8.67. The summed E-state index contributed by atoms with van der Waals surface area (Å²) in [6.45, 7) is 3.84. The molecule has 1 heterocycles. The van der Waals surface area contributed by atoms with Crippen LogP contribution in [0.1, 0.15) is 34.3 Å². The second-order valence-corrected chi connectivity index (χ2v) is 9.58. The Morgan fingerprint density at radius 3 is 2.24 bits per heavy atom. The quantitative estimate of drug-likeness (QED) is 0.382. The maximum Gasteiger partial charge on any atom is 0.335 e. The molecule has 3 aromatic rings. The van der Waals surface area contributed by atoms with E-state index in [9.17, 15) is 4.79 Å². The van der Waals surface area contributed by atoms with Crippen LogP contribution in [-0.4, -0.2) is 47.1 Å². The Bertz CT molecular complexity index is 1050. The zero-order valence-electron chi connectivity index (χ0n) is 18.8. The molecule has 1 atom stereocenters. The summed E-state index contributed by atoms with van der Waals surface area (Å²) in [5, 5.41) is 9.09. The van der Waals surface area contributed by atoms with Crippen molar-refractivity contribution in [2.24, 2.45) is 0 Å². The summed E-state index contributed by atoms with van der Waals surface area (Å²) >= 11 is 3.44. The van der Waals surface area contributed by atoms with E-state index in [0.29, 0.717) is 11.6 Å². The van der Waals surface area contributed by atoms with Crippen LogP contribution in [0.3, 0.4) is 0 Å². The minimum atomic E-state index is -0.880. The van der Waals surface area contributed by atoms with Crippen molar-refractivity contribution in [1.82, 2.24) is 9.80 Å². The molecule has 0 aliphatic carbocycles. The van der Waals surface area contributed by atoms with Gasteiger partial charge in [-0.15, -0.1) is 0 Å². The van der Waals surface area contributed by atoms with Crippen LogP contribution in [0.25, 0.3) is 0 Å². The highest BCUT2D eigenvalue weighted by Crippen LogP contribution is 2.25. The highest BCUT2D eigenvalue weighted by molar-refractivity contribution is 9.10. The highest BCUT2D eigenvalue weighted by atomic mass is 79.9. The van der Waals surface area contributed by atoms with Gasteiger partial charge in [-0.2, -0.15) is 0 Å². The number of likely N-dealkylation sites (N-methyl/N-ethyl adjacent to an activating group) is 1. The molecule has 0 aromatic heterocycles. The molecular weight excluding hydrogens is 480 g/mol. The molecule has 1 aliphatic heterocycles. The van der Waals surface area contributed by atoms with Gasteiger partial charge in [0.25, 0.3) is 0 Å². The Kier molecular flexibility index (Phi) is 7.81. The summed E-state index contributed by atoms with van der Waals surface area (Å²) in [5.41, 5.74) is 2.76. The number of carboxylic acid groups (broad SMARTS) is 1. The van der Waals surface area contributed by atoms with Gasteiger partial charge in [-0.1, -0.05) is 40.2 Å². The summed E-state index contributed by atoms with van der Waals surface area (Å²) in [5.74, 6) is 0.775. The van der Waals surface area contributed by atoms with Crippen molar-refractivity contribution in [2.75, 3.05) is 20.1 Å². The van der Waals surface area contributed by atoms with Gasteiger partial charge < -0.3 is 14.7 Å². The van der Waals surface area contributed by atoms with Crippen molar-refractivity contribution in [3.05, 3.63) is 94.0 Å². The van der Waals surface area contributed by atoms with Crippen LogP contribution < -0.4 is 4.74 Å².